The lowest BCUT2D eigenvalue weighted by molar-refractivity contribution is 0.0526. The second-order valence-electron chi connectivity index (χ2n) is 6.86. The molecule has 7 nitrogen and oxygen atoms in total. The van der Waals surface area contributed by atoms with Gasteiger partial charge in [-0.25, -0.2) is 13.2 Å². The van der Waals surface area contributed by atoms with E-state index in [-0.39, 0.29) is 16.4 Å². The Morgan fingerprint density at radius 3 is 2.25 bits per heavy atom. The van der Waals surface area contributed by atoms with Crippen LogP contribution in [-0.4, -0.2) is 33.9 Å². The van der Waals surface area contributed by atoms with Crippen molar-refractivity contribution in [3.63, 3.8) is 0 Å². The van der Waals surface area contributed by atoms with Gasteiger partial charge < -0.3 is 10.1 Å². The van der Waals surface area contributed by atoms with Gasteiger partial charge in [-0.2, -0.15) is 0 Å². The van der Waals surface area contributed by atoms with Crippen molar-refractivity contribution < 1.29 is 22.7 Å². The highest BCUT2D eigenvalue weighted by Gasteiger charge is 2.28. The first-order valence-electron chi connectivity index (χ1n) is 10.0. The number of thiophene rings is 1. The predicted octanol–water partition coefficient (Wildman–Crippen LogP) is 4.56. The fourth-order valence-corrected chi connectivity index (χ4v) is 5.48. The maximum Gasteiger partial charge on any atom is 0.338 e. The summed E-state index contributed by atoms with van der Waals surface area (Å²) in [6.45, 7) is 4.01. The summed E-state index contributed by atoms with van der Waals surface area (Å²) in [5.41, 5.74) is 2.40. The van der Waals surface area contributed by atoms with Gasteiger partial charge in [-0.05, 0) is 66.8 Å². The number of carbonyl (C=O) groups excluding carboxylic acids is 2. The Morgan fingerprint density at radius 1 is 1.00 bits per heavy atom. The molecule has 0 unspecified atom stereocenters. The number of benzene rings is 2. The Labute approximate surface area is 191 Å². The Kier molecular flexibility index (Phi) is 7.32. The summed E-state index contributed by atoms with van der Waals surface area (Å²) in [6.07, 6.45) is 0.854. The molecule has 0 aliphatic rings. The molecule has 3 rings (SSSR count). The number of esters is 1. The van der Waals surface area contributed by atoms with Crippen molar-refractivity contribution in [1.82, 2.24) is 0 Å². The molecule has 1 N–H and O–H groups in total. The van der Waals surface area contributed by atoms with Gasteiger partial charge in [0.15, 0.2) is 0 Å². The lowest BCUT2D eigenvalue weighted by Crippen LogP contribution is -2.28. The third kappa shape index (κ3) is 5.00. The van der Waals surface area contributed by atoms with E-state index >= 15 is 0 Å². The molecule has 0 radical (unpaired) electrons. The summed E-state index contributed by atoms with van der Waals surface area (Å²) in [7, 11) is -2.48. The zero-order valence-electron chi connectivity index (χ0n) is 18.0. The van der Waals surface area contributed by atoms with E-state index in [1.807, 2.05) is 19.1 Å². The van der Waals surface area contributed by atoms with E-state index in [0.717, 1.165) is 23.3 Å². The Hall–Kier alpha value is -3.17. The number of anilines is 2. The van der Waals surface area contributed by atoms with E-state index in [1.165, 1.54) is 29.6 Å². The summed E-state index contributed by atoms with van der Waals surface area (Å²) in [6, 6.07) is 14.9. The molecule has 0 spiro atoms. The second-order valence-corrected chi connectivity index (χ2v) is 9.71. The van der Waals surface area contributed by atoms with Crippen LogP contribution in [0.25, 0.3) is 0 Å². The van der Waals surface area contributed by atoms with Crippen LogP contribution in [0.15, 0.2) is 64.9 Å². The molecule has 0 aliphatic heterocycles. The minimum absolute atomic E-state index is 0.0646. The molecule has 0 saturated heterocycles. The topological polar surface area (TPSA) is 92.8 Å². The van der Waals surface area contributed by atoms with Crippen molar-refractivity contribution in [2.75, 3.05) is 23.3 Å². The number of hydrogen-bond acceptors (Lipinski definition) is 6. The number of ether oxygens (including phenoxy) is 1. The first kappa shape index (κ1) is 23.5. The lowest BCUT2D eigenvalue weighted by Gasteiger charge is -2.20. The average Bonchev–Trinajstić information content (AvgIpc) is 3.30. The first-order chi connectivity index (χ1) is 15.3. The van der Waals surface area contributed by atoms with Crippen LogP contribution in [0.1, 0.15) is 39.4 Å². The smallest absolute Gasteiger partial charge is 0.338 e. The standard InChI is InChI=1S/C23H24N2O5S2/c1-4-16-6-12-19(13-7-16)25(3)32(28,29)20-14-15-31-21(20)22(26)24-18-10-8-17(9-11-18)23(27)30-5-2/h6-15H,4-5H2,1-3H3,(H,24,26). The largest absolute Gasteiger partial charge is 0.462 e. The van der Waals surface area contributed by atoms with Gasteiger partial charge in [-0.15, -0.1) is 11.3 Å². The molecule has 0 aliphatic carbocycles. The second kappa shape index (κ2) is 9.97. The Balaban J connectivity index is 1.80. The van der Waals surface area contributed by atoms with Crippen molar-refractivity contribution >= 4 is 44.6 Å². The number of hydrogen-bond donors (Lipinski definition) is 1. The molecule has 0 fully saturated rings. The van der Waals surface area contributed by atoms with E-state index in [1.54, 1.807) is 36.6 Å². The van der Waals surface area contributed by atoms with Gasteiger partial charge in [0.2, 0.25) is 0 Å². The fourth-order valence-electron chi connectivity index (χ4n) is 2.99. The average molecular weight is 473 g/mol. The quantitative estimate of drug-likeness (QED) is 0.485. The normalized spacial score (nSPS) is 11.1. The highest BCUT2D eigenvalue weighted by Crippen LogP contribution is 2.29. The SMILES string of the molecule is CCOC(=O)c1ccc(NC(=O)c2sccc2S(=O)(=O)N(C)c2ccc(CC)cc2)cc1. The van der Waals surface area contributed by atoms with Crippen molar-refractivity contribution in [1.29, 1.82) is 0 Å². The third-order valence-electron chi connectivity index (χ3n) is 4.84. The number of carbonyl (C=O) groups is 2. The number of nitrogens with zero attached hydrogens (tertiary/aromatic N) is 1. The molecule has 0 bridgehead atoms. The van der Waals surface area contributed by atoms with Crippen LogP contribution in [0, 0.1) is 0 Å². The van der Waals surface area contributed by atoms with Crippen molar-refractivity contribution in [2.24, 2.45) is 0 Å². The van der Waals surface area contributed by atoms with Crippen molar-refractivity contribution in [2.45, 2.75) is 25.2 Å². The Bertz CT molecular complexity index is 1200. The maximum absolute atomic E-state index is 13.2. The van der Waals surface area contributed by atoms with Gasteiger partial charge in [-0.3, -0.25) is 9.10 Å². The summed E-state index contributed by atoms with van der Waals surface area (Å²) < 4.78 is 32.5. The molecule has 32 heavy (non-hydrogen) atoms. The van der Waals surface area contributed by atoms with Gasteiger partial charge in [-0.1, -0.05) is 19.1 Å². The van der Waals surface area contributed by atoms with E-state index in [4.69, 9.17) is 4.74 Å². The number of rotatable bonds is 8. The van der Waals surface area contributed by atoms with Crippen LogP contribution in [0.5, 0.6) is 0 Å². The highest BCUT2D eigenvalue weighted by molar-refractivity contribution is 7.93. The minimum atomic E-state index is -3.94. The number of aryl methyl sites for hydroxylation is 1. The number of nitrogens with one attached hydrogen (secondary N) is 1. The molecular weight excluding hydrogens is 448 g/mol. The van der Waals surface area contributed by atoms with Gasteiger partial charge in [0.25, 0.3) is 15.9 Å². The summed E-state index contributed by atoms with van der Waals surface area (Å²) >= 11 is 1.05. The molecule has 168 valence electrons. The number of sulfonamides is 1. The van der Waals surface area contributed by atoms with Crippen molar-refractivity contribution in [3.05, 3.63) is 76.0 Å². The summed E-state index contributed by atoms with van der Waals surface area (Å²) in [5, 5.41) is 4.25. The van der Waals surface area contributed by atoms with Crippen LogP contribution in [0.2, 0.25) is 0 Å². The Morgan fingerprint density at radius 2 is 1.66 bits per heavy atom. The first-order valence-corrected chi connectivity index (χ1v) is 12.3. The number of amides is 1. The summed E-state index contributed by atoms with van der Waals surface area (Å²) in [5.74, 6) is -0.996. The fraction of sp³-hybridized carbons (Fsp3) is 0.217. The third-order valence-corrected chi connectivity index (χ3v) is 7.71. The van der Waals surface area contributed by atoms with E-state index in [0.29, 0.717) is 16.9 Å². The predicted molar refractivity (Wildman–Crippen MR) is 126 cm³/mol. The van der Waals surface area contributed by atoms with E-state index < -0.39 is 21.9 Å². The van der Waals surface area contributed by atoms with Gasteiger partial charge >= 0.3 is 5.97 Å². The van der Waals surface area contributed by atoms with Gasteiger partial charge in [0.1, 0.15) is 9.77 Å². The molecule has 3 aromatic rings. The van der Waals surface area contributed by atoms with Crippen LogP contribution in [-0.2, 0) is 21.2 Å². The van der Waals surface area contributed by atoms with Crippen molar-refractivity contribution in [3.8, 4) is 0 Å². The van der Waals surface area contributed by atoms with Gasteiger partial charge in [0, 0.05) is 12.7 Å². The highest BCUT2D eigenvalue weighted by atomic mass is 32.2. The molecule has 9 heteroatoms. The maximum atomic E-state index is 13.2. The van der Waals surface area contributed by atoms with Crippen LogP contribution in [0.3, 0.4) is 0 Å². The van der Waals surface area contributed by atoms with Crippen LogP contribution in [0.4, 0.5) is 11.4 Å². The monoisotopic (exact) mass is 472 g/mol. The lowest BCUT2D eigenvalue weighted by atomic mass is 10.1. The molecule has 1 aromatic heterocycles. The zero-order chi connectivity index (χ0) is 23.3. The zero-order valence-corrected chi connectivity index (χ0v) is 19.6. The van der Waals surface area contributed by atoms with E-state index in [2.05, 4.69) is 5.32 Å². The molecule has 1 heterocycles. The minimum Gasteiger partial charge on any atom is -0.462 e. The van der Waals surface area contributed by atoms with E-state index in [9.17, 15) is 18.0 Å². The molecule has 1 amide bonds. The molecular formula is C23H24N2O5S2. The summed E-state index contributed by atoms with van der Waals surface area (Å²) in [4.78, 5) is 24.6. The van der Waals surface area contributed by atoms with Crippen LogP contribution >= 0.6 is 11.3 Å². The van der Waals surface area contributed by atoms with Gasteiger partial charge in [0.05, 0.1) is 17.9 Å². The molecule has 0 saturated carbocycles. The van der Waals surface area contributed by atoms with Crippen LogP contribution < -0.4 is 9.62 Å². The molecule has 0 atom stereocenters. The molecule has 2 aromatic carbocycles.